The van der Waals surface area contributed by atoms with Crippen LogP contribution in [0.1, 0.15) is 46.5 Å². The molecular formula is C16H31NO4. The van der Waals surface area contributed by atoms with Gasteiger partial charge in [0, 0.05) is 19.1 Å². The Bertz CT molecular complexity index is 292. The van der Waals surface area contributed by atoms with E-state index in [0.29, 0.717) is 19.1 Å². The van der Waals surface area contributed by atoms with Crippen LogP contribution in [-0.4, -0.2) is 51.1 Å². The predicted octanol–water partition coefficient (Wildman–Crippen LogP) is 2.14. The van der Waals surface area contributed by atoms with E-state index in [1.165, 1.54) is 0 Å². The van der Waals surface area contributed by atoms with Crippen LogP contribution in [0.15, 0.2) is 0 Å². The van der Waals surface area contributed by atoms with Crippen molar-refractivity contribution in [2.45, 2.75) is 52.0 Å². The van der Waals surface area contributed by atoms with E-state index >= 15 is 0 Å². The van der Waals surface area contributed by atoms with E-state index in [0.717, 1.165) is 52.0 Å². The molecule has 0 aromatic rings. The van der Waals surface area contributed by atoms with E-state index in [1.807, 2.05) is 13.8 Å². The van der Waals surface area contributed by atoms with E-state index in [4.69, 9.17) is 14.2 Å². The van der Waals surface area contributed by atoms with E-state index in [1.54, 1.807) is 0 Å². The molecular weight excluding hydrogens is 270 g/mol. The van der Waals surface area contributed by atoms with Crippen LogP contribution in [0, 0.1) is 5.92 Å². The molecule has 2 unspecified atom stereocenters. The van der Waals surface area contributed by atoms with Gasteiger partial charge in [0.05, 0.1) is 19.8 Å². The van der Waals surface area contributed by atoms with Gasteiger partial charge >= 0.3 is 5.97 Å². The monoisotopic (exact) mass is 301 g/mol. The summed E-state index contributed by atoms with van der Waals surface area (Å²) in [5.41, 5.74) is -0.605. The van der Waals surface area contributed by atoms with Gasteiger partial charge in [0.2, 0.25) is 0 Å². The first-order valence-electron chi connectivity index (χ1n) is 8.20. The van der Waals surface area contributed by atoms with Gasteiger partial charge in [-0.25, -0.2) is 0 Å². The lowest BCUT2D eigenvalue weighted by Gasteiger charge is -2.28. The van der Waals surface area contributed by atoms with E-state index < -0.39 is 5.54 Å². The van der Waals surface area contributed by atoms with Crippen molar-refractivity contribution < 1.29 is 19.0 Å². The van der Waals surface area contributed by atoms with Crippen molar-refractivity contribution in [2.75, 3.05) is 39.6 Å². The molecule has 21 heavy (non-hydrogen) atoms. The first kappa shape index (κ1) is 18.4. The lowest BCUT2D eigenvalue weighted by atomic mass is 9.95. The Labute approximate surface area is 128 Å². The highest BCUT2D eigenvalue weighted by Crippen LogP contribution is 2.16. The van der Waals surface area contributed by atoms with Crippen molar-refractivity contribution in [3.63, 3.8) is 0 Å². The zero-order valence-corrected chi connectivity index (χ0v) is 13.8. The molecule has 0 saturated carbocycles. The zero-order valence-electron chi connectivity index (χ0n) is 13.8. The van der Waals surface area contributed by atoms with Gasteiger partial charge in [0.25, 0.3) is 0 Å². The number of carbonyl (C=O) groups is 1. The van der Waals surface area contributed by atoms with Crippen LogP contribution in [0.2, 0.25) is 0 Å². The van der Waals surface area contributed by atoms with Crippen molar-refractivity contribution in [2.24, 2.45) is 5.92 Å². The largest absolute Gasteiger partial charge is 0.465 e. The minimum absolute atomic E-state index is 0.164. The summed E-state index contributed by atoms with van der Waals surface area (Å²) in [6, 6.07) is 0. The molecule has 0 amide bonds. The van der Waals surface area contributed by atoms with Gasteiger partial charge in [-0.15, -0.1) is 0 Å². The highest BCUT2D eigenvalue weighted by atomic mass is 16.5. The summed E-state index contributed by atoms with van der Waals surface area (Å²) in [5.74, 6) is 0.377. The second-order valence-corrected chi connectivity index (χ2v) is 5.89. The van der Waals surface area contributed by atoms with Crippen LogP contribution >= 0.6 is 0 Å². The fourth-order valence-electron chi connectivity index (χ4n) is 2.45. The van der Waals surface area contributed by atoms with E-state index in [2.05, 4.69) is 12.2 Å². The van der Waals surface area contributed by atoms with Crippen LogP contribution in [-0.2, 0) is 19.0 Å². The number of hydrogen-bond acceptors (Lipinski definition) is 5. The van der Waals surface area contributed by atoms with Crippen LogP contribution in [0.25, 0.3) is 0 Å². The maximum atomic E-state index is 12.1. The molecule has 5 heteroatoms. The molecule has 2 atom stereocenters. The van der Waals surface area contributed by atoms with Gasteiger partial charge in [0.1, 0.15) is 5.54 Å². The predicted molar refractivity (Wildman–Crippen MR) is 82.3 cm³/mol. The van der Waals surface area contributed by atoms with Crippen LogP contribution < -0.4 is 5.32 Å². The summed E-state index contributed by atoms with van der Waals surface area (Å²) in [6.07, 6.45) is 3.67. The van der Waals surface area contributed by atoms with Crippen LogP contribution in [0.5, 0.6) is 0 Å². The molecule has 0 spiro atoms. The molecule has 0 aromatic carbocycles. The smallest absolute Gasteiger partial charge is 0.326 e. The number of hydrogen-bond donors (Lipinski definition) is 1. The molecule has 0 radical (unpaired) electrons. The SMILES string of the molecule is CCCNC(C)(CCCOCC1CCOC1)C(=O)OCC. The van der Waals surface area contributed by atoms with Gasteiger partial charge in [-0.05, 0) is 46.1 Å². The molecule has 1 fully saturated rings. The second-order valence-electron chi connectivity index (χ2n) is 5.89. The normalized spacial score (nSPS) is 21.2. The van der Waals surface area contributed by atoms with E-state index in [9.17, 15) is 4.79 Å². The third-order valence-electron chi connectivity index (χ3n) is 3.83. The molecule has 1 aliphatic heterocycles. The van der Waals surface area contributed by atoms with E-state index in [-0.39, 0.29) is 5.97 Å². The number of ether oxygens (including phenoxy) is 3. The molecule has 124 valence electrons. The topological polar surface area (TPSA) is 56.8 Å². The third-order valence-corrected chi connectivity index (χ3v) is 3.83. The molecule has 0 bridgehead atoms. The first-order valence-corrected chi connectivity index (χ1v) is 8.20. The highest BCUT2D eigenvalue weighted by molar-refractivity contribution is 5.80. The Morgan fingerprint density at radius 2 is 2.24 bits per heavy atom. The molecule has 0 aliphatic carbocycles. The molecule has 1 rings (SSSR count). The Balaban J connectivity index is 2.25. The number of rotatable bonds is 11. The molecule has 1 aliphatic rings. The van der Waals surface area contributed by atoms with Gasteiger partial charge in [-0.2, -0.15) is 0 Å². The standard InChI is InChI=1S/C16H31NO4/c1-4-9-17-16(3,15(18)21-5-2)8-6-10-19-12-14-7-11-20-13-14/h14,17H,4-13H2,1-3H3. The maximum absolute atomic E-state index is 12.1. The van der Waals surface area contributed by atoms with Gasteiger partial charge in [0.15, 0.2) is 0 Å². The molecule has 1 saturated heterocycles. The van der Waals surface area contributed by atoms with Crippen molar-refractivity contribution in [1.29, 1.82) is 0 Å². The van der Waals surface area contributed by atoms with Crippen molar-refractivity contribution in [3.05, 3.63) is 0 Å². The van der Waals surface area contributed by atoms with Crippen LogP contribution in [0.3, 0.4) is 0 Å². The Kier molecular flexibility index (Phi) is 8.88. The minimum Gasteiger partial charge on any atom is -0.465 e. The molecule has 5 nitrogen and oxygen atoms in total. The summed E-state index contributed by atoms with van der Waals surface area (Å²) < 4.78 is 16.2. The second kappa shape index (κ2) is 10.1. The number of esters is 1. The molecule has 1 N–H and O–H groups in total. The number of carbonyl (C=O) groups excluding carboxylic acids is 1. The zero-order chi connectivity index (χ0) is 15.6. The highest BCUT2D eigenvalue weighted by Gasteiger charge is 2.33. The van der Waals surface area contributed by atoms with Crippen molar-refractivity contribution in [1.82, 2.24) is 5.32 Å². The summed E-state index contributed by atoms with van der Waals surface area (Å²) in [6.45, 7) is 10.2. The molecule has 1 heterocycles. The minimum atomic E-state index is -0.605. The summed E-state index contributed by atoms with van der Waals surface area (Å²) in [5, 5.41) is 3.31. The van der Waals surface area contributed by atoms with Gasteiger partial charge in [-0.1, -0.05) is 6.92 Å². The quantitative estimate of drug-likeness (QED) is 0.468. The average molecular weight is 301 g/mol. The lowest BCUT2D eigenvalue weighted by molar-refractivity contribution is -0.151. The summed E-state index contributed by atoms with van der Waals surface area (Å²) in [7, 11) is 0. The average Bonchev–Trinajstić information content (AvgIpc) is 2.98. The third kappa shape index (κ3) is 6.76. The summed E-state index contributed by atoms with van der Waals surface area (Å²) >= 11 is 0. The Morgan fingerprint density at radius 1 is 1.43 bits per heavy atom. The lowest BCUT2D eigenvalue weighted by Crippen LogP contribution is -2.50. The Morgan fingerprint density at radius 3 is 2.86 bits per heavy atom. The van der Waals surface area contributed by atoms with Gasteiger partial charge in [-0.3, -0.25) is 4.79 Å². The number of nitrogens with one attached hydrogen (secondary N) is 1. The molecule has 0 aromatic heterocycles. The first-order chi connectivity index (χ1) is 10.1. The van der Waals surface area contributed by atoms with Crippen molar-refractivity contribution >= 4 is 5.97 Å². The van der Waals surface area contributed by atoms with Crippen molar-refractivity contribution in [3.8, 4) is 0 Å². The Hall–Kier alpha value is -0.650. The summed E-state index contributed by atoms with van der Waals surface area (Å²) in [4.78, 5) is 12.1. The van der Waals surface area contributed by atoms with Crippen LogP contribution in [0.4, 0.5) is 0 Å². The fraction of sp³-hybridized carbons (Fsp3) is 0.938. The fourth-order valence-corrected chi connectivity index (χ4v) is 2.45. The van der Waals surface area contributed by atoms with Gasteiger partial charge < -0.3 is 19.5 Å². The maximum Gasteiger partial charge on any atom is 0.326 e.